The van der Waals surface area contributed by atoms with Gasteiger partial charge < -0.3 is 5.11 Å². The number of thioether (sulfide) groups is 1. The van der Waals surface area contributed by atoms with Crippen LogP contribution >= 0.6 is 11.8 Å². The van der Waals surface area contributed by atoms with E-state index in [4.69, 9.17) is 5.11 Å². The number of aliphatic carboxylic acids is 1. The van der Waals surface area contributed by atoms with Gasteiger partial charge in [-0.3, -0.25) is 9.69 Å². The third kappa shape index (κ3) is 3.76. The van der Waals surface area contributed by atoms with Crippen molar-refractivity contribution in [1.29, 1.82) is 0 Å². The van der Waals surface area contributed by atoms with Crippen LogP contribution in [0.1, 0.15) is 38.7 Å². The molecular formula is C16H23NO2S. The summed E-state index contributed by atoms with van der Waals surface area (Å²) in [7, 11) is 0. The molecule has 0 aliphatic carbocycles. The van der Waals surface area contributed by atoms with Crippen LogP contribution in [0.3, 0.4) is 0 Å². The molecule has 0 saturated heterocycles. The standard InChI is InChI=1S/C16H23NO2S/c1-16(2,3)17(9-8-15(18)19)10-12-11-20-14-7-5-4-6-13(12)14/h4-7,12H,8-11H2,1-3H3,(H,18,19). The van der Waals surface area contributed by atoms with Crippen LogP contribution in [0.15, 0.2) is 29.2 Å². The van der Waals surface area contributed by atoms with E-state index in [2.05, 4.69) is 49.9 Å². The Kier molecular flexibility index (Phi) is 4.76. The van der Waals surface area contributed by atoms with Gasteiger partial charge in [-0.15, -0.1) is 11.8 Å². The zero-order valence-corrected chi connectivity index (χ0v) is 13.2. The topological polar surface area (TPSA) is 40.5 Å². The summed E-state index contributed by atoms with van der Waals surface area (Å²) in [5.74, 6) is 0.878. The highest BCUT2D eigenvalue weighted by molar-refractivity contribution is 7.99. The smallest absolute Gasteiger partial charge is 0.304 e. The largest absolute Gasteiger partial charge is 0.481 e. The van der Waals surface area contributed by atoms with E-state index in [-0.39, 0.29) is 12.0 Å². The Morgan fingerprint density at radius 1 is 1.40 bits per heavy atom. The summed E-state index contributed by atoms with van der Waals surface area (Å²) in [6, 6.07) is 8.56. The molecule has 1 unspecified atom stereocenters. The molecule has 3 nitrogen and oxygen atoms in total. The second kappa shape index (κ2) is 6.19. The van der Waals surface area contributed by atoms with E-state index in [1.54, 1.807) is 0 Å². The van der Waals surface area contributed by atoms with Crippen molar-refractivity contribution in [2.45, 2.75) is 43.5 Å². The van der Waals surface area contributed by atoms with Crippen molar-refractivity contribution in [3.05, 3.63) is 29.8 Å². The van der Waals surface area contributed by atoms with Crippen molar-refractivity contribution in [3.8, 4) is 0 Å². The van der Waals surface area contributed by atoms with Crippen LogP contribution in [0.25, 0.3) is 0 Å². The number of fused-ring (bicyclic) bond motifs is 1. The first-order valence-electron chi connectivity index (χ1n) is 7.06. The number of nitrogens with zero attached hydrogens (tertiary/aromatic N) is 1. The second-order valence-corrected chi connectivity index (χ2v) is 7.37. The number of hydrogen-bond acceptors (Lipinski definition) is 3. The Morgan fingerprint density at radius 3 is 2.75 bits per heavy atom. The van der Waals surface area contributed by atoms with E-state index in [0.29, 0.717) is 12.5 Å². The summed E-state index contributed by atoms with van der Waals surface area (Å²) >= 11 is 1.91. The predicted molar refractivity (Wildman–Crippen MR) is 83.5 cm³/mol. The van der Waals surface area contributed by atoms with Gasteiger partial charge in [-0.05, 0) is 32.4 Å². The molecule has 4 heteroatoms. The highest BCUT2D eigenvalue weighted by Gasteiger charge is 2.29. The number of carboxylic acid groups (broad SMARTS) is 1. The number of rotatable bonds is 5. The van der Waals surface area contributed by atoms with Gasteiger partial charge >= 0.3 is 5.97 Å². The first kappa shape index (κ1) is 15.4. The normalized spacial score (nSPS) is 18.3. The SMILES string of the molecule is CC(C)(C)N(CCC(=O)O)CC1CSc2ccccc21. The lowest BCUT2D eigenvalue weighted by Gasteiger charge is -2.37. The predicted octanol–water partition coefficient (Wildman–Crippen LogP) is 3.45. The van der Waals surface area contributed by atoms with Gasteiger partial charge in [0, 0.05) is 35.2 Å². The minimum atomic E-state index is -0.722. The van der Waals surface area contributed by atoms with Crippen LogP contribution in [-0.2, 0) is 4.79 Å². The van der Waals surface area contributed by atoms with Crippen LogP contribution in [0.5, 0.6) is 0 Å². The molecule has 110 valence electrons. The van der Waals surface area contributed by atoms with E-state index in [1.165, 1.54) is 10.5 Å². The summed E-state index contributed by atoms with van der Waals surface area (Å²) < 4.78 is 0. The number of hydrogen-bond donors (Lipinski definition) is 1. The van der Waals surface area contributed by atoms with Gasteiger partial charge in [0.15, 0.2) is 0 Å². The molecule has 0 saturated carbocycles. The average Bonchev–Trinajstić information content (AvgIpc) is 2.76. The third-order valence-electron chi connectivity index (χ3n) is 3.78. The molecular weight excluding hydrogens is 270 g/mol. The van der Waals surface area contributed by atoms with Gasteiger partial charge in [-0.2, -0.15) is 0 Å². The molecule has 0 aromatic heterocycles. The maximum atomic E-state index is 10.8. The van der Waals surface area contributed by atoms with E-state index in [1.807, 2.05) is 11.8 Å². The zero-order chi connectivity index (χ0) is 14.8. The van der Waals surface area contributed by atoms with Crippen molar-refractivity contribution in [2.75, 3.05) is 18.8 Å². The number of carbonyl (C=O) groups is 1. The van der Waals surface area contributed by atoms with Crippen LogP contribution in [0, 0.1) is 0 Å². The highest BCUT2D eigenvalue weighted by Crippen LogP contribution is 2.40. The van der Waals surface area contributed by atoms with Crippen LogP contribution in [-0.4, -0.2) is 40.4 Å². The van der Waals surface area contributed by atoms with Crippen LogP contribution in [0.4, 0.5) is 0 Å². The molecule has 1 aromatic rings. The van der Waals surface area contributed by atoms with Gasteiger partial charge in [-0.1, -0.05) is 18.2 Å². The maximum absolute atomic E-state index is 10.8. The molecule has 0 fully saturated rings. The van der Waals surface area contributed by atoms with Crippen LogP contribution in [0.2, 0.25) is 0 Å². The third-order valence-corrected chi connectivity index (χ3v) is 5.04. The first-order chi connectivity index (χ1) is 9.38. The van der Waals surface area contributed by atoms with E-state index in [0.717, 1.165) is 12.3 Å². The van der Waals surface area contributed by atoms with E-state index < -0.39 is 5.97 Å². The molecule has 0 spiro atoms. The lowest BCUT2D eigenvalue weighted by atomic mass is 9.97. The summed E-state index contributed by atoms with van der Waals surface area (Å²) in [5, 5.41) is 8.92. The van der Waals surface area contributed by atoms with Gasteiger partial charge in [0.05, 0.1) is 6.42 Å². The monoisotopic (exact) mass is 293 g/mol. The minimum Gasteiger partial charge on any atom is -0.481 e. The fourth-order valence-electron chi connectivity index (χ4n) is 2.58. The molecule has 20 heavy (non-hydrogen) atoms. The molecule has 1 atom stereocenters. The summed E-state index contributed by atoms with van der Waals surface area (Å²) in [4.78, 5) is 14.5. The molecule has 0 bridgehead atoms. The number of carboxylic acids is 1. The number of benzene rings is 1. The van der Waals surface area contributed by atoms with E-state index in [9.17, 15) is 4.79 Å². The van der Waals surface area contributed by atoms with Crippen molar-refractivity contribution in [3.63, 3.8) is 0 Å². The fraction of sp³-hybridized carbons (Fsp3) is 0.562. The second-order valence-electron chi connectivity index (χ2n) is 6.31. The summed E-state index contributed by atoms with van der Waals surface area (Å²) in [6.45, 7) is 8.01. The molecule has 2 rings (SSSR count). The fourth-order valence-corrected chi connectivity index (χ4v) is 3.82. The van der Waals surface area contributed by atoms with Gasteiger partial charge in [0.25, 0.3) is 0 Å². The lowest BCUT2D eigenvalue weighted by Crippen LogP contribution is -2.44. The average molecular weight is 293 g/mol. The maximum Gasteiger partial charge on any atom is 0.304 e. The highest BCUT2D eigenvalue weighted by atomic mass is 32.2. The van der Waals surface area contributed by atoms with E-state index >= 15 is 0 Å². The lowest BCUT2D eigenvalue weighted by molar-refractivity contribution is -0.137. The molecule has 0 amide bonds. The van der Waals surface area contributed by atoms with Crippen molar-refractivity contribution in [1.82, 2.24) is 4.90 Å². The van der Waals surface area contributed by atoms with Crippen LogP contribution < -0.4 is 0 Å². The van der Waals surface area contributed by atoms with Crippen molar-refractivity contribution in [2.24, 2.45) is 0 Å². The first-order valence-corrected chi connectivity index (χ1v) is 8.05. The molecule has 1 aliphatic rings. The molecule has 0 radical (unpaired) electrons. The molecule has 1 N–H and O–H groups in total. The molecule has 1 aromatic carbocycles. The zero-order valence-electron chi connectivity index (χ0n) is 12.4. The summed E-state index contributed by atoms with van der Waals surface area (Å²) in [6.07, 6.45) is 0.207. The van der Waals surface area contributed by atoms with Gasteiger partial charge in [0.1, 0.15) is 0 Å². The van der Waals surface area contributed by atoms with Gasteiger partial charge in [0.2, 0.25) is 0 Å². The van der Waals surface area contributed by atoms with Gasteiger partial charge in [-0.25, -0.2) is 0 Å². The summed E-state index contributed by atoms with van der Waals surface area (Å²) in [5.41, 5.74) is 1.42. The Balaban J connectivity index is 2.07. The minimum absolute atomic E-state index is 0.00233. The Bertz CT molecular complexity index is 482. The Morgan fingerprint density at radius 2 is 2.10 bits per heavy atom. The Labute approximate surface area is 125 Å². The van der Waals surface area contributed by atoms with Crippen molar-refractivity contribution >= 4 is 17.7 Å². The Hall–Kier alpha value is -1.00. The molecule has 1 heterocycles. The quantitative estimate of drug-likeness (QED) is 0.902. The van der Waals surface area contributed by atoms with Crippen molar-refractivity contribution < 1.29 is 9.90 Å². The molecule has 1 aliphatic heterocycles.